The van der Waals surface area contributed by atoms with Gasteiger partial charge < -0.3 is 5.43 Å². The fourth-order valence-electron chi connectivity index (χ4n) is 1.79. The number of aromatic nitrogens is 4. The molecule has 0 amide bonds. The van der Waals surface area contributed by atoms with E-state index in [1.54, 1.807) is 6.20 Å². The summed E-state index contributed by atoms with van der Waals surface area (Å²) in [6.07, 6.45) is 3.46. The summed E-state index contributed by atoms with van der Waals surface area (Å²) < 4.78 is 1.94. The largest absolute Gasteiger partial charge is 0.308 e. The molecule has 0 radical (unpaired) electrons. The van der Waals surface area contributed by atoms with Gasteiger partial charge in [-0.05, 0) is 17.7 Å². The predicted octanol–water partition coefficient (Wildman–Crippen LogP) is 1.13. The van der Waals surface area contributed by atoms with E-state index >= 15 is 0 Å². The number of pyridine rings is 1. The molecule has 0 atom stereocenters. The van der Waals surface area contributed by atoms with Gasteiger partial charge in [0.25, 0.3) is 0 Å². The number of nitrogens with two attached hydrogens (primary N) is 1. The Labute approximate surface area is 106 Å². The molecule has 0 fully saturated rings. The summed E-state index contributed by atoms with van der Waals surface area (Å²) in [5.41, 5.74) is 3.64. The third-order valence-corrected chi connectivity index (χ3v) is 2.73. The molecular weight excluding hydrogens is 228 g/mol. The number of hydrazine groups is 1. The predicted molar refractivity (Wildman–Crippen MR) is 69.9 cm³/mol. The first-order chi connectivity index (χ1) is 8.76. The van der Waals surface area contributed by atoms with Gasteiger partial charge in [0.15, 0.2) is 5.82 Å². The zero-order valence-corrected chi connectivity index (χ0v) is 10.7. The maximum atomic E-state index is 5.35. The molecular formula is C12H18N6. The van der Waals surface area contributed by atoms with Crippen molar-refractivity contribution in [3.05, 3.63) is 35.5 Å². The normalized spacial score (nSPS) is 10.6. The number of nitrogens with one attached hydrogen (secondary N) is 1. The Hall–Kier alpha value is -1.95. The van der Waals surface area contributed by atoms with Crippen molar-refractivity contribution in [1.29, 1.82) is 0 Å². The lowest BCUT2D eigenvalue weighted by molar-refractivity contribution is 0.637. The quantitative estimate of drug-likeness (QED) is 0.610. The van der Waals surface area contributed by atoms with Crippen LogP contribution >= 0.6 is 0 Å². The molecule has 6 nitrogen and oxygen atoms in total. The molecule has 0 aliphatic carbocycles. The van der Waals surface area contributed by atoms with Crippen molar-refractivity contribution in [2.24, 2.45) is 5.84 Å². The minimum absolute atomic E-state index is 0.654. The minimum atomic E-state index is 0.654. The highest BCUT2D eigenvalue weighted by molar-refractivity contribution is 5.35. The van der Waals surface area contributed by atoms with Crippen LogP contribution in [-0.4, -0.2) is 19.7 Å². The molecule has 3 N–H and O–H groups in total. The van der Waals surface area contributed by atoms with Crippen LogP contribution in [0.1, 0.15) is 31.1 Å². The molecule has 18 heavy (non-hydrogen) atoms. The number of hydrogen-bond donors (Lipinski definition) is 2. The lowest BCUT2D eigenvalue weighted by atomic mass is 10.2. The van der Waals surface area contributed by atoms with Crippen LogP contribution in [0.2, 0.25) is 0 Å². The topological polar surface area (TPSA) is 81.7 Å². The zero-order chi connectivity index (χ0) is 13.0. The molecule has 0 unspecified atom stereocenters. The summed E-state index contributed by atoms with van der Waals surface area (Å²) in [5.74, 6) is 7.89. The van der Waals surface area contributed by atoms with Gasteiger partial charge in [-0.2, -0.15) is 5.10 Å². The van der Waals surface area contributed by atoms with Crippen LogP contribution < -0.4 is 11.3 Å². The van der Waals surface area contributed by atoms with Crippen LogP contribution in [0.25, 0.3) is 0 Å². The minimum Gasteiger partial charge on any atom is -0.308 e. The maximum Gasteiger partial charge on any atom is 0.150 e. The average Bonchev–Trinajstić information content (AvgIpc) is 2.81. The van der Waals surface area contributed by atoms with Crippen molar-refractivity contribution in [3.63, 3.8) is 0 Å². The third kappa shape index (κ3) is 2.65. The second-order valence-corrected chi connectivity index (χ2v) is 4.00. The fourth-order valence-corrected chi connectivity index (χ4v) is 1.79. The Kier molecular flexibility index (Phi) is 3.88. The number of rotatable bonds is 5. The van der Waals surface area contributed by atoms with Crippen molar-refractivity contribution in [1.82, 2.24) is 19.7 Å². The first-order valence-electron chi connectivity index (χ1n) is 6.11. The van der Waals surface area contributed by atoms with Crippen molar-refractivity contribution < 1.29 is 0 Å². The van der Waals surface area contributed by atoms with Gasteiger partial charge in [0.2, 0.25) is 0 Å². The molecule has 0 spiro atoms. The molecule has 2 aromatic heterocycles. The highest BCUT2D eigenvalue weighted by Crippen LogP contribution is 2.09. The van der Waals surface area contributed by atoms with Crippen molar-refractivity contribution >= 4 is 5.82 Å². The van der Waals surface area contributed by atoms with Crippen LogP contribution in [-0.2, 0) is 19.4 Å². The van der Waals surface area contributed by atoms with E-state index in [0.29, 0.717) is 12.4 Å². The molecule has 0 aliphatic heterocycles. The van der Waals surface area contributed by atoms with Crippen LogP contribution in [0, 0.1) is 0 Å². The van der Waals surface area contributed by atoms with Gasteiger partial charge in [-0.3, -0.25) is 0 Å². The van der Waals surface area contributed by atoms with Crippen molar-refractivity contribution in [3.8, 4) is 0 Å². The lowest BCUT2D eigenvalue weighted by Crippen LogP contribution is -2.10. The number of anilines is 1. The van der Waals surface area contributed by atoms with Gasteiger partial charge in [-0.1, -0.05) is 13.8 Å². The van der Waals surface area contributed by atoms with E-state index in [1.807, 2.05) is 16.8 Å². The monoisotopic (exact) mass is 246 g/mol. The van der Waals surface area contributed by atoms with E-state index in [-0.39, 0.29) is 0 Å². The number of nitrogens with zero attached hydrogens (tertiary/aromatic N) is 4. The van der Waals surface area contributed by atoms with E-state index in [9.17, 15) is 0 Å². The highest BCUT2D eigenvalue weighted by Gasteiger charge is 2.07. The Morgan fingerprint density at radius 1 is 1.33 bits per heavy atom. The molecule has 0 bridgehead atoms. The summed E-state index contributed by atoms with van der Waals surface area (Å²) >= 11 is 0. The van der Waals surface area contributed by atoms with Crippen LogP contribution in [0.5, 0.6) is 0 Å². The molecule has 96 valence electrons. The number of nitrogen functional groups attached to an aromatic ring is 1. The highest BCUT2D eigenvalue weighted by atomic mass is 15.3. The van der Waals surface area contributed by atoms with Crippen LogP contribution in [0.3, 0.4) is 0 Å². The van der Waals surface area contributed by atoms with E-state index in [2.05, 4.69) is 34.3 Å². The molecule has 6 heteroatoms. The summed E-state index contributed by atoms with van der Waals surface area (Å²) in [4.78, 5) is 8.56. The summed E-state index contributed by atoms with van der Waals surface area (Å²) in [5, 5.41) is 4.48. The molecule has 0 aromatic carbocycles. The molecule has 2 rings (SSSR count). The van der Waals surface area contributed by atoms with Crippen molar-refractivity contribution in [2.45, 2.75) is 33.2 Å². The van der Waals surface area contributed by atoms with Crippen LogP contribution in [0.15, 0.2) is 18.3 Å². The molecule has 0 aliphatic rings. The van der Waals surface area contributed by atoms with Crippen molar-refractivity contribution in [2.75, 3.05) is 5.43 Å². The van der Waals surface area contributed by atoms with Gasteiger partial charge in [-0.15, -0.1) is 0 Å². The second kappa shape index (κ2) is 5.59. The second-order valence-electron chi connectivity index (χ2n) is 4.00. The van der Waals surface area contributed by atoms with E-state index < -0.39 is 0 Å². The third-order valence-electron chi connectivity index (χ3n) is 2.73. The average molecular weight is 246 g/mol. The molecule has 2 aromatic rings. The summed E-state index contributed by atoms with van der Waals surface area (Å²) in [7, 11) is 0. The Morgan fingerprint density at radius 2 is 2.17 bits per heavy atom. The number of hydrogen-bond acceptors (Lipinski definition) is 5. The molecule has 0 saturated heterocycles. The van der Waals surface area contributed by atoms with Gasteiger partial charge >= 0.3 is 0 Å². The van der Waals surface area contributed by atoms with E-state index in [1.165, 1.54) is 0 Å². The van der Waals surface area contributed by atoms with E-state index in [4.69, 9.17) is 5.84 Å². The summed E-state index contributed by atoms with van der Waals surface area (Å²) in [6, 6.07) is 3.86. The van der Waals surface area contributed by atoms with E-state index in [0.717, 1.165) is 30.1 Å². The van der Waals surface area contributed by atoms with Gasteiger partial charge in [0.05, 0.1) is 6.54 Å². The number of aryl methyl sites for hydroxylation is 2. The Morgan fingerprint density at radius 3 is 2.83 bits per heavy atom. The maximum absolute atomic E-state index is 5.35. The zero-order valence-electron chi connectivity index (χ0n) is 10.7. The van der Waals surface area contributed by atoms with Gasteiger partial charge in [-0.25, -0.2) is 20.5 Å². The Balaban J connectivity index is 2.24. The van der Waals surface area contributed by atoms with Gasteiger partial charge in [0.1, 0.15) is 11.6 Å². The standard InChI is InChI=1S/C12H18N6/c1-3-10-15-12(4-2)18(17-10)8-9-5-6-14-11(7-9)16-13/h5-7H,3-4,8,13H2,1-2H3,(H,14,16). The molecule has 2 heterocycles. The Bertz CT molecular complexity index is 519. The molecule has 0 saturated carbocycles. The SMILES string of the molecule is CCc1nc(CC)n(Cc2ccnc(NN)c2)n1. The first-order valence-corrected chi connectivity index (χ1v) is 6.11. The smallest absolute Gasteiger partial charge is 0.150 e. The fraction of sp³-hybridized carbons (Fsp3) is 0.417. The lowest BCUT2D eigenvalue weighted by Gasteiger charge is -2.06. The summed E-state index contributed by atoms with van der Waals surface area (Å²) in [6.45, 7) is 4.83. The van der Waals surface area contributed by atoms with Crippen LogP contribution in [0.4, 0.5) is 5.82 Å². The van der Waals surface area contributed by atoms with Gasteiger partial charge in [0, 0.05) is 19.0 Å². The first kappa shape index (κ1) is 12.5.